The van der Waals surface area contributed by atoms with E-state index in [4.69, 9.17) is 5.11 Å². The van der Waals surface area contributed by atoms with Gasteiger partial charge in [-0.1, -0.05) is 41.1 Å². The molecule has 0 saturated carbocycles. The Labute approximate surface area is 69.8 Å². The van der Waals surface area contributed by atoms with Gasteiger partial charge in [-0.05, 0) is 12.1 Å². The number of halogens is 1. The molecule has 1 aromatic carbocycles. The molecule has 10 heavy (non-hydrogen) atoms. The molecule has 0 radical (unpaired) electrons. The largest absolute Gasteiger partial charge is 0.508 e. The van der Waals surface area contributed by atoms with E-state index in [-0.39, 0.29) is 0 Å². The van der Waals surface area contributed by atoms with Gasteiger partial charge in [0.05, 0.1) is 0 Å². The number of phenols is 1. The Kier molecular flexibility index (Phi) is 6.29. The number of para-hydroxylation sites is 1. The first-order chi connectivity index (χ1) is 4.81. The molecule has 0 saturated heterocycles. The first-order valence-electron chi connectivity index (χ1n) is 3.11. The van der Waals surface area contributed by atoms with Gasteiger partial charge in [-0.25, -0.2) is 0 Å². The minimum Gasteiger partial charge on any atom is -0.508 e. The molecule has 0 atom stereocenters. The van der Waals surface area contributed by atoms with Gasteiger partial charge in [0, 0.05) is 5.33 Å². The maximum atomic E-state index is 8.63. The summed E-state index contributed by atoms with van der Waals surface area (Å²) in [6.07, 6.45) is 0. The van der Waals surface area contributed by atoms with Crippen molar-refractivity contribution < 1.29 is 5.11 Å². The van der Waals surface area contributed by atoms with E-state index in [2.05, 4.69) is 15.9 Å². The zero-order valence-electron chi connectivity index (χ0n) is 5.92. The van der Waals surface area contributed by atoms with Crippen molar-refractivity contribution in [1.82, 2.24) is 0 Å². The highest BCUT2D eigenvalue weighted by atomic mass is 79.9. The predicted octanol–water partition coefficient (Wildman–Crippen LogP) is 2.79. The Hall–Kier alpha value is -0.500. The molecule has 0 aliphatic heterocycles. The molecular formula is C8H11BrO. The molecule has 0 unspecified atom stereocenters. The number of rotatable bonds is 0. The van der Waals surface area contributed by atoms with Gasteiger partial charge in [0.2, 0.25) is 0 Å². The Morgan fingerprint density at radius 1 is 1.30 bits per heavy atom. The maximum absolute atomic E-state index is 8.63. The van der Waals surface area contributed by atoms with Crippen LogP contribution in [0.2, 0.25) is 0 Å². The molecule has 56 valence electrons. The monoisotopic (exact) mass is 202 g/mol. The third-order valence-corrected chi connectivity index (χ3v) is 0.756. The van der Waals surface area contributed by atoms with Gasteiger partial charge in [-0.3, -0.25) is 0 Å². The maximum Gasteiger partial charge on any atom is 0.115 e. The number of benzene rings is 1. The average molecular weight is 203 g/mol. The van der Waals surface area contributed by atoms with E-state index < -0.39 is 0 Å². The van der Waals surface area contributed by atoms with Crippen molar-refractivity contribution in [2.75, 3.05) is 5.33 Å². The van der Waals surface area contributed by atoms with Crippen molar-refractivity contribution in [3.63, 3.8) is 0 Å². The third-order valence-electron chi connectivity index (χ3n) is 0.756. The number of phenolic OH excluding ortho intramolecular Hbond substituents is 1. The summed E-state index contributed by atoms with van der Waals surface area (Å²) in [6.45, 7) is 2.04. The van der Waals surface area contributed by atoms with Gasteiger partial charge in [-0.2, -0.15) is 0 Å². The summed E-state index contributed by atoms with van der Waals surface area (Å²) in [7, 11) is 0. The molecule has 1 rings (SSSR count). The molecule has 0 spiro atoms. The zero-order valence-corrected chi connectivity index (χ0v) is 7.51. The Bertz CT molecular complexity index is 151. The minimum atomic E-state index is 0.322. The van der Waals surface area contributed by atoms with Crippen LogP contribution in [0.5, 0.6) is 5.75 Å². The van der Waals surface area contributed by atoms with E-state index >= 15 is 0 Å². The number of alkyl halides is 1. The third kappa shape index (κ3) is 5.63. The SMILES string of the molecule is CCBr.Oc1ccccc1. The van der Waals surface area contributed by atoms with Crippen LogP contribution in [0, 0.1) is 0 Å². The molecule has 0 heterocycles. The fourth-order valence-electron chi connectivity index (χ4n) is 0.428. The molecule has 0 aliphatic carbocycles. The van der Waals surface area contributed by atoms with Crippen LogP contribution in [-0.4, -0.2) is 10.4 Å². The van der Waals surface area contributed by atoms with Crippen LogP contribution in [0.15, 0.2) is 30.3 Å². The van der Waals surface area contributed by atoms with E-state index in [1.54, 1.807) is 24.3 Å². The van der Waals surface area contributed by atoms with Crippen LogP contribution in [-0.2, 0) is 0 Å². The quantitative estimate of drug-likeness (QED) is 0.642. The fourth-order valence-corrected chi connectivity index (χ4v) is 0.428. The van der Waals surface area contributed by atoms with E-state index in [9.17, 15) is 0 Å². The molecule has 1 nitrogen and oxygen atoms in total. The zero-order chi connectivity index (χ0) is 7.82. The lowest BCUT2D eigenvalue weighted by molar-refractivity contribution is 0.475. The first kappa shape index (κ1) is 9.50. The fraction of sp³-hybridized carbons (Fsp3) is 0.250. The van der Waals surface area contributed by atoms with Crippen LogP contribution < -0.4 is 0 Å². The normalized spacial score (nSPS) is 7.80. The second-order valence-electron chi connectivity index (χ2n) is 1.60. The Morgan fingerprint density at radius 2 is 1.70 bits per heavy atom. The summed E-state index contributed by atoms with van der Waals surface area (Å²) in [5.41, 5.74) is 0. The molecular weight excluding hydrogens is 192 g/mol. The Balaban J connectivity index is 0.000000236. The van der Waals surface area contributed by atoms with Crippen molar-refractivity contribution in [3.8, 4) is 5.75 Å². The van der Waals surface area contributed by atoms with Crippen molar-refractivity contribution >= 4 is 15.9 Å². The van der Waals surface area contributed by atoms with Crippen LogP contribution in [0.1, 0.15) is 6.92 Å². The predicted molar refractivity (Wildman–Crippen MR) is 47.6 cm³/mol. The van der Waals surface area contributed by atoms with Crippen LogP contribution in [0.3, 0.4) is 0 Å². The van der Waals surface area contributed by atoms with E-state index in [0.29, 0.717) is 5.75 Å². The highest BCUT2D eigenvalue weighted by Gasteiger charge is 1.74. The standard InChI is InChI=1S/C6H6O.C2H5Br/c7-6-4-2-1-3-5-6;1-2-3/h1-5,7H;2H2,1H3. The molecule has 2 heteroatoms. The summed E-state index contributed by atoms with van der Waals surface area (Å²) in [5, 5.41) is 9.69. The van der Waals surface area contributed by atoms with Crippen molar-refractivity contribution in [3.05, 3.63) is 30.3 Å². The number of hydrogen-bond donors (Lipinski definition) is 1. The summed E-state index contributed by atoms with van der Waals surface area (Å²) >= 11 is 3.15. The summed E-state index contributed by atoms with van der Waals surface area (Å²) in [5.74, 6) is 0.322. The number of aromatic hydroxyl groups is 1. The summed E-state index contributed by atoms with van der Waals surface area (Å²) in [4.78, 5) is 0. The van der Waals surface area contributed by atoms with Gasteiger partial charge < -0.3 is 5.11 Å². The van der Waals surface area contributed by atoms with Gasteiger partial charge in [0.25, 0.3) is 0 Å². The minimum absolute atomic E-state index is 0.322. The van der Waals surface area contributed by atoms with Gasteiger partial charge >= 0.3 is 0 Å². The van der Waals surface area contributed by atoms with Crippen molar-refractivity contribution in [2.24, 2.45) is 0 Å². The second kappa shape index (κ2) is 6.62. The second-order valence-corrected chi connectivity index (χ2v) is 2.72. The van der Waals surface area contributed by atoms with Crippen LogP contribution in [0.4, 0.5) is 0 Å². The smallest absolute Gasteiger partial charge is 0.115 e. The average Bonchev–Trinajstić information content (AvgIpc) is 1.91. The lowest BCUT2D eigenvalue weighted by Gasteiger charge is -1.82. The van der Waals surface area contributed by atoms with E-state index in [1.165, 1.54) is 0 Å². The molecule has 0 aromatic heterocycles. The number of hydrogen-bond acceptors (Lipinski definition) is 1. The van der Waals surface area contributed by atoms with E-state index in [0.717, 1.165) is 5.33 Å². The topological polar surface area (TPSA) is 20.2 Å². The Morgan fingerprint density at radius 3 is 1.90 bits per heavy atom. The van der Waals surface area contributed by atoms with Gasteiger partial charge in [-0.15, -0.1) is 0 Å². The summed E-state index contributed by atoms with van der Waals surface area (Å²) in [6, 6.07) is 8.71. The van der Waals surface area contributed by atoms with Gasteiger partial charge in [0.15, 0.2) is 0 Å². The molecule has 1 aromatic rings. The van der Waals surface area contributed by atoms with Gasteiger partial charge in [0.1, 0.15) is 5.75 Å². The summed E-state index contributed by atoms with van der Waals surface area (Å²) < 4.78 is 0. The van der Waals surface area contributed by atoms with E-state index in [1.807, 2.05) is 13.0 Å². The van der Waals surface area contributed by atoms with Crippen molar-refractivity contribution in [1.29, 1.82) is 0 Å². The lowest BCUT2D eigenvalue weighted by atomic mass is 10.3. The molecule has 0 aliphatic rings. The molecule has 1 N–H and O–H groups in total. The van der Waals surface area contributed by atoms with Crippen LogP contribution >= 0.6 is 15.9 Å². The highest BCUT2D eigenvalue weighted by Crippen LogP contribution is 2.02. The molecule has 0 bridgehead atoms. The lowest BCUT2D eigenvalue weighted by Crippen LogP contribution is -1.56. The first-order valence-corrected chi connectivity index (χ1v) is 4.23. The molecule has 0 fully saturated rings. The van der Waals surface area contributed by atoms with Crippen LogP contribution in [0.25, 0.3) is 0 Å². The van der Waals surface area contributed by atoms with Crippen molar-refractivity contribution in [2.45, 2.75) is 6.92 Å². The molecule has 0 amide bonds. The highest BCUT2D eigenvalue weighted by molar-refractivity contribution is 9.09.